The molecular weight excluding hydrogens is 364 g/mol. The zero-order valence-electron chi connectivity index (χ0n) is 12.5. The van der Waals surface area contributed by atoms with Gasteiger partial charge in [-0.3, -0.25) is 5.43 Å². The third kappa shape index (κ3) is 4.23. The van der Waals surface area contributed by atoms with E-state index in [1.54, 1.807) is 44.7 Å². The van der Waals surface area contributed by atoms with Crippen molar-refractivity contribution < 1.29 is 19.4 Å². The van der Waals surface area contributed by atoms with Crippen LogP contribution < -0.4 is 14.9 Å². The van der Waals surface area contributed by atoms with Crippen LogP contribution in [0.25, 0.3) is 0 Å². The highest BCUT2D eigenvalue weighted by Gasteiger charge is 2.08. The third-order valence-corrected chi connectivity index (χ3v) is 3.72. The van der Waals surface area contributed by atoms with E-state index in [0.29, 0.717) is 17.2 Å². The maximum Gasteiger partial charge on any atom is 0.335 e. The van der Waals surface area contributed by atoms with E-state index in [1.807, 2.05) is 0 Å². The van der Waals surface area contributed by atoms with Gasteiger partial charge in [-0.15, -0.1) is 0 Å². The number of carboxylic acids is 1. The number of benzene rings is 2. The molecule has 120 valence electrons. The van der Waals surface area contributed by atoms with Crippen molar-refractivity contribution in [3.63, 3.8) is 0 Å². The highest BCUT2D eigenvalue weighted by molar-refractivity contribution is 9.10. The van der Waals surface area contributed by atoms with E-state index in [9.17, 15) is 4.79 Å². The molecular formula is C16H15BrN2O4. The SMILES string of the molecule is COc1cc(Br)c(/C=N\Nc2ccc(C(=O)O)cc2)cc1OC. The monoisotopic (exact) mass is 378 g/mol. The number of nitrogens with zero attached hydrogens (tertiary/aromatic N) is 1. The minimum atomic E-state index is -0.964. The highest BCUT2D eigenvalue weighted by atomic mass is 79.9. The van der Waals surface area contributed by atoms with Gasteiger partial charge in [0.2, 0.25) is 0 Å². The third-order valence-electron chi connectivity index (χ3n) is 3.03. The summed E-state index contributed by atoms with van der Waals surface area (Å²) >= 11 is 3.44. The van der Waals surface area contributed by atoms with Crippen molar-refractivity contribution in [1.29, 1.82) is 0 Å². The van der Waals surface area contributed by atoms with Gasteiger partial charge in [-0.05, 0) is 52.3 Å². The van der Waals surface area contributed by atoms with Crippen LogP contribution in [0.15, 0.2) is 46.0 Å². The van der Waals surface area contributed by atoms with E-state index in [-0.39, 0.29) is 5.56 Å². The maximum absolute atomic E-state index is 10.8. The van der Waals surface area contributed by atoms with Gasteiger partial charge in [-0.25, -0.2) is 4.79 Å². The van der Waals surface area contributed by atoms with Crippen LogP contribution in [-0.4, -0.2) is 31.5 Å². The molecule has 0 amide bonds. The Kier molecular flexibility index (Phi) is 5.59. The lowest BCUT2D eigenvalue weighted by molar-refractivity contribution is 0.0697. The molecule has 0 unspecified atom stereocenters. The Morgan fingerprint density at radius 3 is 2.35 bits per heavy atom. The molecule has 0 heterocycles. The second kappa shape index (κ2) is 7.64. The van der Waals surface area contributed by atoms with E-state index in [1.165, 1.54) is 12.1 Å². The van der Waals surface area contributed by atoms with Crippen LogP contribution in [0, 0.1) is 0 Å². The van der Waals surface area contributed by atoms with E-state index < -0.39 is 5.97 Å². The first-order chi connectivity index (χ1) is 11.0. The van der Waals surface area contributed by atoms with Gasteiger partial charge < -0.3 is 14.6 Å². The van der Waals surface area contributed by atoms with Crippen molar-refractivity contribution in [3.05, 3.63) is 52.0 Å². The summed E-state index contributed by atoms with van der Waals surface area (Å²) in [5.74, 6) is 0.256. The fourth-order valence-electron chi connectivity index (χ4n) is 1.83. The summed E-state index contributed by atoms with van der Waals surface area (Å²) in [6, 6.07) is 9.89. The van der Waals surface area contributed by atoms with Crippen molar-refractivity contribution >= 4 is 33.8 Å². The van der Waals surface area contributed by atoms with Gasteiger partial charge in [0.1, 0.15) is 0 Å². The Bertz CT molecular complexity index is 730. The van der Waals surface area contributed by atoms with Gasteiger partial charge in [-0.1, -0.05) is 0 Å². The predicted octanol–water partition coefficient (Wildman–Crippen LogP) is 3.61. The molecule has 0 radical (unpaired) electrons. The Labute approximate surface area is 141 Å². The average molecular weight is 379 g/mol. The zero-order chi connectivity index (χ0) is 16.8. The van der Waals surface area contributed by atoms with E-state index in [0.717, 1.165) is 10.0 Å². The van der Waals surface area contributed by atoms with Crippen molar-refractivity contribution in [2.75, 3.05) is 19.6 Å². The Hall–Kier alpha value is -2.54. The molecule has 2 aromatic carbocycles. The molecule has 2 N–H and O–H groups in total. The molecule has 0 bridgehead atoms. The lowest BCUT2D eigenvalue weighted by Crippen LogP contribution is -1.97. The summed E-state index contributed by atoms with van der Waals surface area (Å²) in [6.07, 6.45) is 1.62. The Balaban J connectivity index is 2.12. The van der Waals surface area contributed by atoms with Crippen LogP contribution in [0.2, 0.25) is 0 Å². The van der Waals surface area contributed by atoms with Crippen LogP contribution >= 0.6 is 15.9 Å². The molecule has 0 saturated heterocycles. The number of nitrogens with one attached hydrogen (secondary N) is 1. The van der Waals surface area contributed by atoms with Gasteiger partial charge in [0.05, 0.1) is 31.7 Å². The number of rotatable bonds is 6. The molecule has 7 heteroatoms. The molecule has 2 rings (SSSR count). The standard InChI is InChI=1S/C16H15BrN2O4/c1-22-14-7-11(13(17)8-15(14)23-2)9-18-19-12-5-3-10(4-6-12)16(20)21/h3-9,19H,1-2H3,(H,20,21)/b18-9-. The van der Waals surface area contributed by atoms with Crippen molar-refractivity contribution in [2.24, 2.45) is 5.10 Å². The molecule has 0 fully saturated rings. The molecule has 2 aromatic rings. The number of hydrogen-bond donors (Lipinski definition) is 2. The number of hydrazone groups is 1. The number of carboxylic acid groups (broad SMARTS) is 1. The van der Waals surface area contributed by atoms with Gasteiger partial charge in [0.25, 0.3) is 0 Å². The van der Waals surface area contributed by atoms with E-state index >= 15 is 0 Å². The molecule has 6 nitrogen and oxygen atoms in total. The normalized spacial score (nSPS) is 10.6. The summed E-state index contributed by atoms with van der Waals surface area (Å²) in [5.41, 5.74) is 4.55. The number of anilines is 1. The summed E-state index contributed by atoms with van der Waals surface area (Å²) in [5, 5.41) is 13.0. The molecule has 0 aliphatic carbocycles. The largest absolute Gasteiger partial charge is 0.493 e. The van der Waals surface area contributed by atoms with Crippen molar-refractivity contribution in [3.8, 4) is 11.5 Å². The minimum absolute atomic E-state index is 0.224. The number of aromatic carboxylic acids is 1. The van der Waals surface area contributed by atoms with Crippen LogP contribution in [-0.2, 0) is 0 Å². The first kappa shape index (κ1) is 16.8. The highest BCUT2D eigenvalue weighted by Crippen LogP contribution is 2.32. The predicted molar refractivity (Wildman–Crippen MR) is 91.9 cm³/mol. The smallest absolute Gasteiger partial charge is 0.335 e. The average Bonchev–Trinajstić information content (AvgIpc) is 2.56. The summed E-state index contributed by atoms with van der Waals surface area (Å²) in [7, 11) is 3.13. The fraction of sp³-hybridized carbons (Fsp3) is 0.125. The lowest BCUT2D eigenvalue weighted by Gasteiger charge is -2.09. The van der Waals surface area contributed by atoms with E-state index in [2.05, 4.69) is 26.5 Å². The quantitative estimate of drug-likeness (QED) is 0.592. The zero-order valence-corrected chi connectivity index (χ0v) is 14.1. The van der Waals surface area contributed by atoms with Crippen LogP contribution in [0.1, 0.15) is 15.9 Å². The molecule has 0 aromatic heterocycles. The van der Waals surface area contributed by atoms with Gasteiger partial charge in [0.15, 0.2) is 11.5 Å². The second-order valence-electron chi connectivity index (χ2n) is 4.48. The molecule has 23 heavy (non-hydrogen) atoms. The minimum Gasteiger partial charge on any atom is -0.493 e. The summed E-state index contributed by atoms with van der Waals surface area (Å²) < 4.78 is 11.3. The Morgan fingerprint density at radius 1 is 1.17 bits per heavy atom. The number of methoxy groups -OCH3 is 2. The van der Waals surface area contributed by atoms with Crippen LogP contribution in [0.5, 0.6) is 11.5 Å². The van der Waals surface area contributed by atoms with Gasteiger partial charge >= 0.3 is 5.97 Å². The van der Waals surface area contributed by atoms with Gasteiger partial charge in [-0.2, -0.15) is 5.10 Å². The fourth-order valence-corrected chi connectivity index (χ4v) is 2.26. The number of carbonyl (C=O) groups is 1. The molecule has 0 aliphatic rings. The first-order valence-corrected chi connectivity index (χ1v) is 7.38. The molecule has 0 aliphatic heterocycles. The lowest BCUT2D eigenvalue weighted by atomic mass is 10.2. The molecule has 0 spiro atoms. The Morgan fingerprint density at radius 2 is 1.78 bits per heavy atom. The number of hydrogen-bond acceptors (Lipinski definition) is 5. The maximum atomic E-state index is 10.8. The number of ether oxygens (including phenoxy) is 2. The van der Waals surface area contributed by atoms with Crippen molar-refractivity contribution in [2.45, 2.75) is 0 Å². The second-order valence-corrected chi connectivity index (χ2v) is 5.34. The number of halogens is 1. The molecule has 0 saturated carbocycles. The molecule has 0 atom stereocenters. The topological polar surface area (TPSA) is 80.2 Å². The summed E-state index contributed by atoms with van der Waals surface area (Å²) in [6.45, 7) is 0. The van der Waals surface area contributed by atoms with E-state index in [4.69, 9.17) is 14.6 Å². The first-order valence-electron chi connectivity index (χ1n) is 6.59. The van der Waals surface area contributed by atoms with Crippen LogP contribution in [0.3, 0.4) is 0 Å². The van der Waals surface area contributed by atoms with Crippen LogP contribution in [0.4, 0.5) is 5.69 Å². The van der Waals surface area contributed by atoms with Gasteiger partial charge in [0, 0.05) is 10.0 Å². The van der Waals surface area contributed by atoms with Crippen molar-refractivity contribution in [1.82, 2.24) is 0 Å². The summed E-state index contributed by atoms with van der Waals surface area (Å²) in [4.78, 5) is 10.8.